The molecule has 0 aliphatic carbocycles. The minimum atomic E-state index is -0.823. The number of rotatable bonds is 3. The van der Waals surface area contributed by atoms with Gasteiger partial charge in [0.15, 0.2) is 0 Å². The first-order chi connectivity index (χ1) is 11.1. The van der Waals surface area contributed by atoms with Crippen molar-refractivity contribution in [3.05, 3.63) is 54.0 Å². The van der Waals surface area contributed by atoms with E-state index in [0.717, 1.165) is 18.0 Å². The van der Waals surface area contributed by atoms with Gasteiger partial charge in [-0.3, -0.25) is 4.79 Å². The third-order valence-corrected chi connectivity index (χ3v) is 3.89. The Morgan fingerprint density at radius 3 is 2.48 bits per heavy atom. The second kappa shape index (κ2) is 6.68. The molecular formula is C16H16F2N4O. The van der Waals surface area contributed by atoms with Crippen LogP contribution in [0.1, 0.15) is 23.2 Å². The molecule has 120 valence electrons. The molecule has 2 aromatic rings. The number of piperidine rings is 1. The molecule has 1 aliphatic heterocycles. The standard InChI is InChI=1S/C16H16F2N4O/c17-12-2-1-3-13(18)15(12)16(23)22-8-5-11(6-9-22)21-14-4-7-19-10-20-14/h1-4,7,10-11H,5-6,8-9H2,(H,19,20,21). The predicted octanol–water partition coefficient (Wildman–Crippen LogP) is 2.47. The van der Waals surface area contributed by atoms with E-state index in [1.807, 2.05) is 0 Å². The van der Waals surface area contributed by atoms with Crippen LogP contribution in [-0.2, 0) is 0 Å². The molecule has 1 saturated heterocycles. The highest BCUT2D eigenvalue weighted by molar-refractivity contribution is 5.94. The van der Waals surface area contributed by atoms with Crippen LogP contribution in [-0.4, -0.2) is 39.9 Å². The average molecular weight is 318 g/mol. The number of carbonyl (C=O) groups excluding carboxylic acids is 1. The normalized spacial score (nSPS) is 15.5. The summed E-state index contributed by atoms with van der Waals surface area (Å²) < 4.78 is 27.4. The van der Waals surface area contributed by atoms with Crippen molar-refractivity contribution < 1.29 is 13.6 Å². The second-order valence-electron chi connectivity index (χ2n) is 5.40. The van der Waals surface area contributed by atoms with Crippen molar-refractivity contribution >= 4 is 11.7 Å². The molecule has 0 unspecified atom stereocenters. The first-order valence-corrected chi connectivity index (χ1v) is 7.41. The fraction of sp³-hybridized carbons (Fsp3) is 0.312. The molecule has 1 aromatic heterocycles. The van der Waals surface area contributed by atoms with Gasteiger partial charge in [0.2, 0.25) is 0 Å². The molecule has 1 amide bonds. The number of benzene rings is 1. The largest absolute Gasteiger partial charge is 0.367 e. The van der Waals surface area contributed by atoms with Gasteiger partial charge in [0.1, 0.15) is 29.3 Å². The summed E-state index contributed by atoms with van der Waals surface area (Å²) in [6, 6.07) is 5.38. The number of amides is 1. The Labute approximate surface area is 132 Å². The summed E-state index contributed by atoms with van der Waals surface area (Å²) in [5.74, 6) is -1.52. The minimum Gasteiger partial charge on any atom is -0.367 e. The van der Waals surface area contributed by atoms with Crippen molar-refractivity contribution in [1.82, 2.24) is 14.9 Å². The molecule has 3 rings (SSSR count). The molecule has 0 spiro atoms. The number of anilines is 1. The Morgan fingerprint density at radius 2 is 1.87 bits per heavy atom. The van der Waals surface area contributed by atoms with Crippen LogP contribution in [0.4, 0.5) is 14.6 Å². The monoisotopic (exact) mass is 318 g/mol. The van der Waals surface area contributed by atoms with Crippen molar-refractivity contribution in [3.8, 4) is 0 Å². The molecule has 0 bridgehead atoms. The van der Waals surface area contributed by atoms with E-state index < -0.39 is 23.1 Å². The Hall–Kier alpha value is -2.57. The molecule has 1 aliphatic rings. The van der Waals surface area contributed by atoms with E-state index in [9.17, 15) is 13.6 Å². The van der Waals surface area contributed by atoms with Crippen molar-refractivity contribution in [2.45, 2.75) is 18.9 Å². The Morgan fingerprint density at radius 1 is 1.17 bits per heavy atom. The zero-order valence-corrected chi connectivity index (χ0v) is 12.4. The Balaban J connectivity index is 1.62. The third-order valence-electron chi connectivity index (χ3n) is 3.89. The Bertz CT molecular complexity index is 667. The molecule has 0 radical (unpaired) electrons. The molecule has 1 N–H and O–H groups in total. The highest BCUT2D eigenvalue weighted by Gasteiger charge is 2.27. The lowest BCUT2D eigenvalue weighted by atomic mass is 10.0. The summed E-state index contributed by atoms with van der Waals surface area (Å²) in [6.07, 6.45) is 4.48. The van der Waals surface area contributed by atoms with Crippen molar-refractivity contribution in [1.29, 1.82) is 0 Å². The van der Waals surface area contributed by atoms with Gasteiger partial charge in [-0.15, -0.1) is 0 Å². The zero-order valence-electron chi connectivity index (χ0n) is 12.4. The lowest BCUT2D eigenvalue weighted by molar-refractivity contribution is 0.0708. The molecule has 0 saturated carbocycles. The van der Waals surface area contributed by atoms with E-state index in [4.69, 9.17) is 0 Å². The number of likely N-dealkylation sites (tertiary alicyclic amines) is 1. The maximum atomic E-state index is 13.7. The van der Waals surface area contributed by atoms with Gasteiger partial charge in [-0.05, 0) is 31.0 Å². The van der Waals surface area contributed by atoms with E-state index >= 15 is 0 Å². The number of halogens is 2. The van der Waals surface area contributed by atoms with Crippen molar-refractivity contribution in [2.75, 3.05) is 18.4 Å². The fourth-order valence-corrected chi connectivity index (χ4v) is 2.67. The number of hydrogen-bond acceptors (Lipinski definition) is 4. The predicted molar refractivity (Wildman–Crippen MR) is 80.9 cm³/mol. The highest BCUT2D eigenvalue weighted by atomic mass is 19.1. The fourth-order valence-electron chi connectivity index (χ4n) is 2.67. The maximum Gasteiger partial charge on any atom is 0.259 e. The van der Waals surface area contributed by atoms with E-state index in [-0.39, 0.29) is 6.04 Å². The molecule has 23 heavy (non-hydrogen) atoms. The average Bonchev–Trinajstić information content (AvgIpc) is 2.56. The van der Waals surface area contributed by atoms with Crippen LogP contribution in [0.15, 0.2) is 36.8 Å². The molecule has 1 aromatic carbocycles. The van der Waals surface area contributed by atoms with Gasteiger partial charge in [0.05, 0.1) is 0 Å². The summed E-state index contributed by atoms with van der Waals surface area (Å²) in [7, 11) is 0. The van der Waals surface area contributed by atoms with Gasteiger partial charge in [-0.25, -0.2) is 18.7 Å². The lowest BCUT2D eigenvalue weighted by Crippen LogP contribution is -2.43. The van der Waals surface area contributed by atoms with E-state index in [2.05, 4.69) is 15.3 Å². The van der Waals surface area contributed by atoms with Crippen LogP contribution >= 0.6 is 0 Å². The van der Waals surface area contributed by atoms with Crippen LogP contribution in [0, 0.1) is 11.6 Å². The van der Waals surface area contributed by atoms with Crippen LogP contribution in [0.2, 0.25) is 0 Å². The van der Waals surface area contributed by atoms with Crippen molar-refractivity contribution in [2.24, 2.45) is 0 Å². The van der Waals surface area contributed by atoms with Gasteiger partial charge in [-0.1, -0.05) is 6.07 Å². The quantitative estimate of drug-likeness (QED) is 0.944. The topological polar surface area (TPSA) is 58.1 Å². The summed E-state index contributed by atoms with van der Waals surface area (Å²) in [5.41, 5.74) is -0.477. The SMILES string of the molecule is O=C(c1c(F)cccc1F)N1CCC(Nc2ccncn2)CC1. The first kappa shape index (κ1) is 15.3. The first-order valence-electron chi connectivity index (χ1n) is 7.41. The molecule has 5 nitrogen and oxygen atoms in total. The van der Waals surface area contributed by atoms with Crippen LogP contribution in [0.5, 0.6) is 0 Å². The van der Waals surface area contributed by atoms with Crippen LogP contribution in [0.25, 0.3) is 0 Å². The van der Waals surface area contributed by atoms with E-state index in [0.29, 0.717) is 25.9 Å². The summed E-state index contributed by atoms with van der Waals surface area (Å²) in [5, 5.41) is 3.27. The van der Waals surface area contributed by atoms with Crippen molar-refractivity contribution in [3.63, 3.8) is 0 Å². The zero-order chi connectivity index (χ0) is 16.2. The van der Waals surface area contributed by atoms with Gasteiger partial charge >= 0.3 is 0 Å². The molecular weight excluding hydrogens is 302 g/mol. The van der Waals surface area contributed by atoms with Gasteiger partial charge in [0, 0.05) is 25.3 Å². The smallest absolute Gasteiger partial charge is 0.259 e. The molecule has 0 atom stereocenters. The number of aromatic nitrogens is 2. The van der Waals surface area contributed by atoms with Crippen LogP contribution in [0.3, 0.4) is 0 Å². The Kier molecular flexibility index (Phi) is 4.45. The summed E-state index contributed by atoms with van der Waals surface area (Å²) in [4.78, 5) is 21.7. The van der Waals surface area contributed by atoms with Gasteiger partial charge in [-0.2, -0.15) is 0 Å². The maximum absolute atomic E-state index is 13.7. The third kappa shape index (κ3) is 3.44. The van der Waals surface area contributed by atoms with Gasteiger partial charge < -0.3 is 10.2 Å². The highest BCUT2D eigenvalue weighted by Crippen LogP contribution is 2.20. The number of carbonyl (C=O) groups is 1. The van der Waals surface area contributed by atoms with E-state index in [1.54, 1.807) is 12.3 Å². The molecule has 7 heteroatoms. The lowest BCUT2D eigenvalue weighted by Gasteiger charge is -2.32. The van der Waals surface area contributed by atoms with Crippen LogP contribution < -0.4 is 5.32 Å². The van der Waals surface area contributed by atoms with E-state index in [1.165, 1.54) is 17.3 Å². The molecule has 1 fully saturated rings. The summed E-state index contributed by atoms with van der Waals surface area (Å²) >= 11 is 0. The number of hydrogen-bond donors (Lipinski definition) is 1. The number of nitrogens with one attached hydrogen (secondary N) is 1. The second-order valence-corrected chi connectivity index (χ2v) is 5.40. The summed E-state index contributed by atoms with van der Waals surface area (Å²) in [6.45, 7) is 0.880. The van der Waals surface area contributed by atoms with Gasteiger partial charge in [0.25, 0.3) is 5.91 Å². The number of nitrogens with zero attached hydrogens (tertiary/aromatic N) is 3. The minimum absolute atomic E-state index is 0.166. The molecule has 2 heterocycles.